The van der Waals surface area contributed by atoms with Gasteiger partial charge in [0.25, 0.3) is 0 Å². The number of rotatable bonds is 3. The Morgan fingerprint density at radius 1 is 1.50 bits per heavy atom. The molecular formula is C12H16N6. The molecule has 0 fully saturated rings. The fourth-order valence-electron chi connectivity index (χ4n) is 2.00. The maximum atomic E-state index is 9.16. The topological polar surface area (TPSA) is 75.8 Å². The van der Waals surface area contributed by atoms with Gasteiger partial charge in [-0.25, -0.2) is 4.98 Å². The van der Waals surface area contributed by atoms with Crippen LogP contribution in [0.5, 0.6) is 0 Å². The van der Waals surface area contributed by atoms with E-state index in [0.717, 1.165) is 11.6 Å². The highest BCUT2D eigenvalue weighted by molar-refractivity contribution is 5.67. The van der Waals surface area contributed by atoms with Crippen LogP contribution in [0.3, 0.4) is 0 Å². The average molecular weight is 244 g/mol. The molecular weight excluding hydrogens is 228 g/mol. The third kappa shape index (κ3) is 1.91. The second-order valence-corrected chi connectivity index (χ2v) is 4.36. The zero-order valence-electron chi connectivity index (χ0n) is 10.8. The number of hydrogen-bond acceptors (Lipinski definition) is 4. The smallest absolute Gasteiger partial charge is 0.133 e. The number of imidazole rings is 1. The monoisotopic (exact) mass is 244 g/mol. The van der Waals surface area contributed by atoms with Crippen molar-refractivity contribution in [2.45, 2.75) is 6.54 Å². The summed E-state index contributed by atoms with van der Waals surface area (Å²) in [5.74, 6) is 1.71. The third-order valence-corrected chi connectivity index (χ3v) is 2.86. The number of aryl methyl sites for hydroxylation is 1. The van der Waals surface area contributed by atoms with Gasteiger partial charge in [-0.3, -0.25) is 0 Å². The van der Waals surface area contributed by atoms with Crippen LogP contribution in [0.25, 0.3) is 0 Å². The molecule has 0 unspecified atom stereocenters. The summed E-state index contributed by atoms with van der Waals surface area (Å²) in [5, 5.41) is 9.16. The summed E-state index contributed by atoms with van der Waals surface area (Å²) >= 11 is 0. The summed E-state index contributed by atoms with van der Waals surface area (Å²) in [7, 11) is 5.74. The highest BCUT2D eigenvalue weighted by Gasteiger charge is 2.16. The lowest BCUT2D eigenvalue weighted by Gasteiger charge is -2.17. The number of nitriles is 1. The molecule has 2 aromatic heterocycles. The van der Waals surface area contributed by atoms with Crippen molar-refractivity contribution in [3.63, 3.8) is 0 Å². The fourth-order valence-corrected chi connectivity index (χ4v) is 2.00. The maximum Gasteiger partial charge on any atom is 0.133 e. The van der Waals surface area contributed by atoms with E-state index in [1.165, 1.54) is 0 Å². The number of nitrogens with zero attached hydrogens (tertiary/aromatic N) is 5. The summed E-state index contributed by atoms with van der Waals surface area (Å²) in [6.45, 7) is 0.525. The zero-order valence-corrected chi connectivity index (χ0v) is 10.8. The van der Waals surface area contributed by atoms with E-state index in [1.807, 2.05) is 41.4 Å². The minimum atomic E-state index is 0.525. The van der Waals surface area contributed by atoms with Gasteiger partial charge in [-0.1, -0.05) is 0 Å². The first kappa shape index (κ1) is 12.0. The summed E-state index contributed by atoms with van der Waals surface area (Å²) in [5.41, 5.74) is 7.09. The third-order valence-electron chi connectivity index (χ3n) is 2.86. The minimum absolute atomic E-state index is 0.525. The number of hydrogen-bond donors (Lipinski definition) is 1. The Bertz CT molecular complexity index is 599. The molecule has 18 heavy (non-hydrogen) atoms. The normalized spacial score (nSPS) is 10.3. The van der Waals surface area contributed by atoms with E-state index in [0.29, 0.717) is 17.9 Å². The molecule has 0 saturated carbocycles. The van der Waals surface area contributed by atoms with Gasteiger partial charge in [0, 0.05) is 33.5 Å². The Kier molecular flexibility index (Phi) is 2.98. The molecule has 0 aliphatic carbocycles. The highest BCUT2D eigenvalue weighted by atomic mass is 15.2. The quantitative estimate of drug-likeness (QED) is 0.866. The predicted octanol–water partition coefficient (Wildman–Crippen LogP) is 0.790. The summed E-state index contributed by atoms with van der Waals surface area (Å²) in [6, 6.07) is 3.86. The van der Waals surface area contributed by atoms with Crippen LogP contribution in [0.1, 0.15) is 11.5 Å². The second-order valence-electron chi connectivity index (χ2n) is 4.36. The van der Waals surface area contributed by atoms with Crippen molar-refractivity contribution in [2.24, 2.45) is 7.05 Å². The van der Waals surface area contributed by atoms with Gasteiger partial charge < -0.3 is 19.8 Å². The predicted molar refractivity (Wildman–Crippen MR) is 70.2 cm³/mol. The molecule has 6 heteroatoms. The summed E-state index contributed by atoms with van der Waals surface area (Å²) in [4.78, 5) is 6.17. The van der Waals surface area contributed by atoms with Gasteiger partial charge in [-0.2, -0.15) is 5.26 Å². The van der Waals surface area contributed by atoms with Crippen molar-refractivity contribution in [1.29, 1.82) is 5.26 Å². The Hall–Kier alpha value is -2.42. The van der Waals surface area contributed by atoms with Crippen molar-refractivity contribution in [3.05, 3.63) is 30.0 Å². The van der Waals surface area contributed by atoms with Gasteiger partial charge in [0.15, 0.2) is 0 Å². The average Bonchev–Trinajstić information content (AvgIpc) is 2.84. The van der Waals surface area contributed by atoms with Crippen LogP contribution in [0.4, 0.5) is 11.5 Å². The zero-order chi connectivity index (χ0) is 13.3. The van der Waals surface area contributed by atoms with E-state index in [-0.39, 0.29) is 0 Å². The van der Waals surface area contributed by atoms with E-state index in [2.05, 4.69) is 11.1 Å². The molecule has 2 rings (SSSR count). The number of nitrogens with two attached hydrogens (primary N) is 1. The van der Waals surface area contributed by atoms with Crippen molar-refractivity contribution >= 4 is 11.5 Å². The molecule has 0 radical (unpaired) electrons. The molecule has 0 amide bonds. The molecule has 0 saturated heterocycles. The van der Waals surface area contributed by atoms with E-state index in [1.54, 1.807) is 12.3 Å². The number of nitrogen functional groups attached to an aromatic ring is 1. The lowest BCUT2D eigenvalue weighted by Crippen LogP contribution is -2.18. The SMILES string of the molecule is CN(C)c1c(N)cc(C#N)n1Cc1nccn1C. The van der Waals surface area contributed by atoms with Crippen LogP contribution in [0, 0.1) is 11.3 Å². The molecule has 0 aromatic carbocycles. The molecule has 6 nitrogen and oxygen atoms in total. The Labute approximate surface area is 106 Å². The number of anilines is 2. The van der Waals surface area contributed by atoms with Gasteiger partial charge in [-0.15, -0.1) is 0 Å². The summed E-state index contributed by atoms with van der Waals surface area (Å²) < 4.78 is 3.80. The van der Waals surface area contributed by atoms with Crippen LogP contribution in [-0.2, 0) is 13.6 Å². The Morgan fingerprint density at radius 3 is 2.72 bits per heavy atom. The molecule has 0 bridgehead atoms. The maximum absolute atomic E-state index is 9.16. The van der Waals surface area contributed by atoms with Crippen LogP contribution >= 0.6 is 0 Å². The molecule has 2 aromatic rings. The van der Waals surface area contributed by atoms with Gasteiger partial charge in [0.2, 0.25) is 0 Å². The minimum Gasteiger partial charge on any atom is -0.396 e. The van der Waals surface area contributed by atoms with Crippen molar-refractivity contribution < 1.29 is 0 Å². The van der Waals surface area contributed by atoms with Crippen molar-refractivity contribution in [1.82, 2.24) is 14.1 Å². The van der Waals surface area contributed by atoms with E-state index >= 15 is 0 Å². The van der Waals surface area contributed by atoms with Gasteiger partial charge in [-0.05, 0) is 6.07 Å². The molecule has 2 N–H and O–H groups in total. The first-order valence-corrected chi connectivity index (χ1v) is 5.57. The van der Waals surface area contributed by atoms with E-state index < -0.39 is 0 Å². The van der Waals surface area contributed by atoms with Gasteiger partial charge in [0.05, 0.1) is 12.2 Å². The number of aromatic nitrogens is 3. The molecule has 94 valence electrons. The van der Waals surface area contributed by atoms with Crippen LogP contribution in [0.2, 0.25) is 0 Å². The first-order valence-electron chi connectivity index (χ1n) is 5.57. The van der Waals surface area contributed by atoms with E-state index in [9.17, 15) is 0 Å². The standard InChI is InChI=1S/C12H16N6/c1-16(2)12-10(14)6-9(7-13)18(12)8-11-15-4-5-17(11)3/h4-6H,8,14H2,1-3H3. The fraction of sp³-hybridized carbons (Fsp3) is 0.333. The molecule has 0 aliphatic rings. The molecule has 0 spiro atoms. The lowest BCUT2D eigenvalue weighted by molar-refractivity contribution is 0.693. The Morgan fingerprint density at radius 2 is 2.22 bits per heavy atom. The highest BCUT2D eigenvalue weighted by Crippen LogP contribution is 2.26. The molecule has 2 heterocycles. The van der Waals surface area contributed by atoms with Crippen molar-refractivity contribution in [2.75, 3.05) is 24.7 Å². The Balaban J connectivity index is 2.49. The van der Waals surface area contributed by atoms with E-state index in [4.69, 9.17) is 11.0 Å². The first-order chi connectivity index (χ1) is 8.54. The van der Waals surface area contributed by atoms with Crippen LogP contribution < -0.4 is 10.6 Å². The second kappa shape index (κ2) is 4.45. The van der Waals surface area contributed by atoms with Crippen molar-refractivity contribution in [3.8, 4) is 6.07 Å². The van der Waals surface area contributed by atoms with Gasteiger partial charge in [0.1, 0.15) is 23.4 Å². The summed E-state index contributed by atoms with van der Waals surface area (Å²) in [6.07, 6.45) is 3.62. The van der Waals surface area contributed by atoms with Crippen LogP contribution in [-0.4, -0.2) is 28.2 Å². The van der Waals surface area contributed by atoms with Gasteiger partial charge >= 0.3 is 0 Å². The van der Waals surface area contributed by atoms with Crippen LogP contribution in [0.15, 0.2) is 18.5 Å². The molecule has 0 aliphatic heterocycles. The largest absolute Gasteiger partial charge is 0.396 e. The molecule has 0 atom stereocenters. The lowest BCUT2D eigenvalue weighted by atomic mass is 10.4.